The maximum absolute atomic E-state index is 13.5. The molecule has 0 radical (unpaired) electrons. The quantitative estimate of drug-likeness (QED) is 0.367. The third-order valence-corrected chi connectivity index (χ3v) is 8.71. The molecular formula is C29H35N5O3S. The van der Waals surface area contributed by atoms with Crippen LogP contribution in [0.5, 0.6) is 0 Å². The molecule has 4 heterocycles. The Kier molecular flexibility index (Phi) is 7.63. The van der Waals surface area contributed by atoms with Gasteiger partial charge in [0.1, 0.15) is 11.3 Å². The lowest BCUT2D eigenvalue weighted by Gasteiger charge is -2.36. The van der Waals surface area contributed by atoms with E-state index in [9.17, 15) is 9.90 Å². The Bertz CT molecular complexity index is 1460. The first-order chi connectivity index (χ1) is 18.3. The number of β-amino-alcohol motifs (C(OH)–C–C–N with tert-alkyl or cyclic N) is 1. The van der Waals surface area contributed by atoms with Crippen molar-refractivity contribution in [3.8, 4) is 10.4 Å². The molecular weight excluding hydrogens is 498 g/mol. The van der Waals surface area contributed by atoms with Gasteiger partial charge in [0.25, 0.3) is 5.91 Å². The minimum atomic E-state index is -0.608. The van der Waals surface area contributed by atoms with Crippen LogP contribution in [0, 0.1) is 19.8 Å². The first kappa shape index (κ1) is 26.5. The first-order valence-corrected chi connectivity index (χ1v) is 13.8. The summed E-state index contributed by atoms with van der Waals surface area (Å²) in [5.74, 6) is -0.0911. The van der Waals surface area contributed by atoms with Crippen LogP contribution >= 0.6 is 11.3 Å². The Balaban J connectivity index is 1.39. The zero-order valence-electron chi connectivity index (χ0n) is 22.3. The Morgan fingerprint density at radius 3 is 2.66 bits per heavy atom. The Morgan fingerprint density at radius 1 is 1.24 bits per heavy atom. The van der Waals surface area contributed by atoms with E-state index in [-0.39, 0.29) is 24.5 Å². The minimum Gasteiger partial charge on any atom is -0.391 e. The zero-order valence-corrected chi connectivity index (χ0v) is 23.2. The van der Waals surface area contributed by atoms with Gasteiger partial charge < -0.3 is 24.9 Å². The van der Waals surface area contributed by atoms with Crippen molar-refractivity contribution < 1.29 is 14.6 Å². The van der Waals surface area contributed by atoms with Crippen LogP contribution in [0.4, 0.5) is 0 Å². The number of likely N-dealkylation sites (tertiary alicyclic amines) is 1. The number of piperidine rings is 1. The number of pyridine rings is 1. The number of nitrogens with two attached hydrogens (primary N) is 1. The molecule has 4 aromatic rings. The zero-order chi connectivity index (χ0) is 27.0. The Morgan fingerprint density at radius 2 is 2.00 bits per heavy atom. The predicted molar refractivity (Wildman–Crippen MR) is 149 cm³/mol. The van der Waals surface area contributed by atoms with E-state index in [1.54, 1.807) is 29.5 Å². The third kappa shape index (κ3) is 5.11. The first-order valence-electron chi connectivity index (χ1n) is 13.0. The van der Waals surface area contributed by atoms with Gasteiger partial charge in [-0.3, -0.25) is 4.79 Å². The lowest BCUT2D eigenvalue weighted by atomic mass is 9.86. The number of fused-ring (bicyclic) bond motifs is 1. The maximum Gasteiger partial charge on any atom is 0.274 e. The summed E-state index contributed by atoms with van der Waals surface area (Å²) in [5, 5.41) is 12.0. The largest absolute Gasteiger partial charge is 0.391 e. The molecule has 200 valence electrons. The van der Waals surface area contributed by atoms with Crippen molar-refractivity contribution >= 4 is 22.9 Å². The average molecular weight is 534 g/mol. The number of thiazole rings is 1. The number of aryl methyl sites for hydroxylation is 2. The molecule has 1 amide bonds. The van der Waals surface area contributed by atoms with E-state index >= 15 is 0 Å². The van der Waals surface area contributed by atoms with E-state index in [4.69, 9.17) is 15.5 Å². The standard InChI is InChI=1S/C29H35N5O3S/c1-17-27(38-19(3)31-17)23-12-24(18(2)37-4)28-32-25(15-34(28)14-23)29(36)33-10-9-21(26(35)16-33)11-20-7-5-6-8-22(20)13-30/h5-8,12,14-15,18,21,26,35H,9-11,13,16,30H2,1-4H3/t18-,21?,26?/m1/s1. The highest BCUT2D eigenvalue weighted by Crippen LogP contribution is 2.34. The van der Waals surface area contributed by atoms with Gasteiger partial charge in [0, 0.05) is 50.3 Å². The summed E-state index contributed by atoms with van der Waals surface area (Å²) in [7, 11) is 1.67. The van der Waals surface area contributed by atoms with Gasteiger partial charge in [-0.15, -0.1) is 11.3 Å². The molecule has 3 N–H and O–H groups in total. The molecule has 0 saturated carbocycles. The molecule has 8 nitrogen and oxygen atoms in total. The van der Waals surface area contributed by atoms with Gasteiger partial charge in [-0.05, 0) is 56.7 Å². The number of ether oxygens (including phenoxy) is 1. The number of methoxy groups -OCH3 is 1. The van der Waals surface area contributed by atoms with Gasteiger partial charge in [0.05, 0.1) is 27.8 Å². The highest BCUT2D eigenvalue weighted by molar-refractivity contribution is 7.15. The third-order valence-electron chi connectivity index (χ3n) is 7.59. The molecule has 0 spiro atoms. The Hall–Kier alpha value is -3.11. The fraction of sp³-hybridized carbons (Fsp3) is 0.414. The lowest BCUT2D eigenvalue weighted by molar-refractivity contribution is 0.0194. The molecule has 0 bridgehead atoms. The number of carbonyl (C=O) groups excluding carboxylic acids is 1. The van der Waals surface area contributed by atoms with Gasteiger partial charge >= 0.3 is 0 Å². The van der Waals surface area contributed by atoms with Crippen LogP contribution in [0.2, 0.25) is 0 Å². The summed E-state index contributed by atoms with van der Waals surface area (Å²) >= 11 is 1.65. The normalized spacial score (nSPS) is 18.7. The molecule has 38 heavy (non-hydrogen) atoms. The van der Waals surface area contributed by atoms with Crippen molar-refractivity contribution in [1.29, 1.82) is 0 Å². The number of benzene rings is 1. The molecule has 1 saturated heterocycles. The summed E-state index contributed by atoms with van der Waals surface area (Å²) in [4.78, 5) is 25.7. The number of hydrogen-bond donors (Lipinski definition) is 2. The van der Waals surface area contributed by atoms with E-state index < -0.39 is 6.10 Å². The van der Waals surface area contributed by atoms with Crippen LogP contribution in [0.1, 0.15) is 57.3 Å². The molecule has 2 unspecified atom stereocenters. The lowest BCUT2D eigenvalue weighted by Crippen LogP contribution is -2.47. The molecule has 3 atom stereocenters. The van der Waals surface area contributed by atoms with Gasteiger partial charge in [-0.1, -0.05) is 24.3 Å². The topological polar surface area (TPSA) is 106 Å². The number of amides is 1. The molecule has 1 aromatic carbocycles. The number of hydrogen-bond acceptors (Lipinski definition) is 7. The number of aliphatic hydroxyl groups is 1. The second-order valence-corrected chi connectivity index (χ2v) is 11.3. The van der Waals surface area contributed by atoms with E-state index in [0.29, 0.717) is 24.4 Å². The van der Waals surface area contributed by atoms with Crippen LogP contribution < -0.4 is 5.73 Å². The molecule has 9 heteroatoms. The molecule has 1 fully saturated rings. The average Bonchev–Trinajstić information content (AvgIpc) is 3.50. The van der Waals surface area contributed by atoms with Crippen LogP contribution in [0.15, 0.2) is 42.7 Å². The van der Waals surface area contributed by atoms with Crippen LogP contribution in [-0.4, -0.2) is 56.6 Å². The number of aliphatic hydroxyl groups excluding tert-OH is 1. The van der Waals surface area contributed by atoms with E-state index in [1.165, 1.54) is 5.56 Å². The number of carbonyl (C=O) groups is 1. The SMILES string of the molecule is CO[C@H](C)c1cc(-c2sc(C)nc2C)cn2cc(C(=O)N3CCC(Cc4ccccc4CN)C(O)C3)nc12. The highest BCUT2D eigenvalue weighted by Gasteiger charge is 2.32. The number of rotatable bonds is 7. The smallest absolute Gasteiger partial charge is 0.274 e. The van der Waals surface area contributed by atoms with Crippen molar-refractivity contribution in [3.63, 3.8) is 0 Å². The summed E-state index contributed by atoms with van der Waals surface area (Å²) in [6, 6.07) is 10.2. The monoisotopic (exact) mass is 533 g/mol. The van der Waals surface area contributed by atoms with Gasteiger partial charge in [-0.2, -0.15) is 0 Å². The summed E-state index contributed by atoms with van der Waals surface area (Å²) in [5.41, 5.74) is 12.1. The van der Waals surface area contributed by atoms with Gasteiger partial charge in [-0.25, -0.2) is 9.97 Å². The van der Waals surface area contributed by atoms with Crippen LogP contribution in [0.25, 0.3) is 16.1 Å². The summed E-state index contributed by atoms with van der Waals surface area (Å²) < 4.78 is 7.56. The second kappa shape index (κ2) is 10.9. The summed E-state index contributed by atoms with van der Waals surface area (Å²) in [6.07, 6.45) is 4.45. The van der Waals surface area contributed by atoms with Crippen LogP contribution in [-0.2, 0) is 17.7 Å². The predicted octanol–water partition coefficient (Wildman–Crippen LogP) is 4.31. The van der Waals surface area contributed by atoms with Crippen molar-refractivity contribution in [3.05, 3.63) is 75.8 Å². The molecule has 3 aromatic heterocycles. The van der Waals surface area contributed by atoms with E-state index in [1.807, 2.05) is 49.6 Å². The molecule has 1 aliphatic rings. The summed E-state index contributed by atoms with van der Waals surface area (Å²) in [6.45, 7) is 7.32. The number of aromatic nitrogens is 3. The molecule has 0 aliphatic carbocycles. The van der Waals surface area contributed by atoms with Gasteiger partial charge in [0.2, 0.25) is 0 Å². The molecule has 5 rings (SSSR count). The number of imidazole rings is 1. The maximum atomic E-state index is 13.5. The van der Waals surface area contributed by atoms with Crippen molar-refractivity contribution in [2.24, 2.45) is 11.7 Å². The van der Waals surface area contributed by atoms with Crippen molar-refractivity contribution in [2.45, 2.75) is 52.4 Å². The number of nitrogens with zero attached hydrogens (tertiary/aromatic N) is 4. The highest BCUT2D eigenvalue weighted by atomic mass is 32.1. The van der Waals surface area contributed by atoms with E-state index in [0.717, 1.165) is 45.1 Å². The van der Waals surface area contributed by atoms with Crippen molar-refractivity contribution in [1.82, 2.24) is 19.3 Å². The fourth-order valence-electron chi connectivity index (χ4n) is 5.38. The van der Waals surface area contributed by atoms with Crippen molar-refractivity contribution in [2.75, 3.05) is 20.2 Å². The molecule has 1 aliphatic heterocycles. The fourth-order valence-corrected chi connectivity index (χ4v) is 6.28. The van der Waals surface area contributed by atoms with Crippen LogP contribution in [0.3, 0.4) is 0 Å². The second-order valence-electron chi connectivity index (χ2n) is 10.1. The Labute approximate surface area is 227 Å². The van der Waals surface area contributed by atoms with E-state index in [2.05, 4.69) is 17.1 Å². The van der Waals surface area contributed by atoms with Gasteiger partial charge in [0.15, 0.2) is 0 Å². The minimum absolute atomic E-state index is 0.0793.